The molecule has 0 spiro atoms. The van der Waals surface area contributed by atoms with Gasteiger partial charge in [-0.05, 0) is 42.0 Å². The molecule has 0 fully saturated rings. The van der Waals surface area contributed by atoms with Crippen molar-refractivity contribution in [2.45, 2.75) is 6.04 Å². The lowest BCUT2D eigenvalue weighted by Crippen LogP contribution is -2.34. The van der Waals surface area contributed by atoms with Gasteiger partial charge in [0, 0.05) is 30.2 Å². The van der Waals surface area contributed by atoms with Crippen LogP contribution < -0.4 is 10.6 Å². The van der Waals surface area contributed by atoms with Crippen LogP contribution in [0.25, 0.3) is 0 Å². The van der Waals surface area contributed by atoms with Gasteiger partial charge in [-0.1, -0.05) is 23.7 Å². The van der Waals surface area contributed by atoms with Crippen LogP contribution in [0.2, 0.25) is 5.02 Å². The van der Waals surface area contributed by atoms with Crippen molar-refractivity contribution in [1.29, 1.82) is 0 Å². The van der Waals surface area contributed by atoms with Crippen molar-refractivity contribution in [2.75, 3.05) is 5.32 Å². The van der Waals surface area contributed by atoms with Crippen LogP contribution in [0.3, 0.4) is 0 Å². The Labute approximate surface area is 149 Å². The van der Waals surface area contributed by atoms with Crippen molar-refractivity contribution in [1.82, 2.24) is 14.9 Å². The van der Waals surface area contributed by atoms with Gasteiger partial charge in [0.25, 0.3) is 0 Å². The number of anilines is 1. The van der Waals surface area contributed by atoms with E-state index in [1.54, 1.807) is 53.4 Å². The van der Waals surface area contributed by atoms with E-state index in [0.29, 0.717) is 16.5 Å². The van der Waals surface area contributed by atoms with Gasteiger partial charge in [-0.2, -0.15) is 0 Å². The normalized spacial score (nSPS) is 11.8. The van der Waals surface area contributed by atoms with Gasteiger partial charge in [0.05, 0.1) is 0 Å². The Balaban J connectivity index is 1.82. The minimum atomic E-state index is -0.520. The first-order valence-electron chi connectivity index (χ1n) is 7.59. The predicted octanol–water partition coefficient (Wildman–Crippen LogP) is 4.12. The minimum absolute atomic E-state index is 0.340. The Hall–Kier alpha value is -2.86. The highest BCUT2D eigenvalue weighted by Gasteiger charge is 2.20. The minimum Gasteiger partial charge on any atom is -0.336 e. The molecule has 0 bridgehead atoms. The third-order valence-electron chi connectivity index (χ3n) is 3.70. The number of imidazole rings is 1. The number of rotatable bonds is 4. The van der Waals surface area contributed by atoms with E-state index in [4.69, 9.17) is 11.6 Å². The zero-order valence-electron chi connectivity index (χ0n) is 13.4. The number of nitrogens with one attached hydrogen (secondary N) is 2. The first-order valence-corrected chi connectivity index (χ1v) is 7.96. The average Bonchev–Trinajstić information content (AvgIpc) is 3.01. The maximum Gasteiger partial charge on any atom is 0.320 e. The molecule has 1 atom stereocenters. The molecule has 2 N–H and O–H groups in total. The zero-order chi connectivity index (χ0) is 17.8. The molecule has 25 heavy (non-hydrogen) atoms. The van der Waals surface area contributed by atoms with E-state index >= 15 is 0 Å². The van der Waals surface area contributed by atoms with E-state index in [-0.39, 0.29) is 5.82 Å². The Kier molecular flexibility index (Phi) is 5.00. The van der Waals surface area contributed by atoms with Crippen LogP contribution in [0.15, 0.2) is 60.9 Å². The number of amides is 2. The smallest absolute Gasteiger partial charge is 0.320 e. The van der Waals surface area contributed by atoms with E-state index in [1.807, 2.05) is 7.05 Å². The van der Waals surface area contributed by atoms with Crippen molar-refractivity contribution in [2.24, 2.45) is 7.05 Å². The fraction of sp³-hybridized carbons (Fsp3) is 0.111. The highest BCUT2D eigenvalue weighted by molar-refractivity contribution is 6.30. The van der Waals surface area contributed by atoms with E-state index in [2.05, 4.69) is 15.6 Å². The summed E-state index contributed by atoms with van der Waals surface area (Å²) < 4.78 is 15.0. The number of aromatic nitrogens is 2. The number of aryl methyl sites for hydroxylation is 1. The zero-order valence-corrected chi connectivity index (χ0v) is 14.2. The number of urea groups is 1. The Bertz CT molecular complexity index is 862. The molecule has 2 aromatic carbocycles. The number of carbonyl (C=O) groups excluding carboxylic acids is 1. The summed E-state index contributed by atoms with van der Waals surface area (Å²) in [5.41, 5.74) is 1.33. The summed E-state index contributed by atoms with van der Waals surface area (Å²) in [6, 6.07) is 11.8. The topological polar surface area (TPSA) is 59.0 Å². The van der Waals surface area contributed by atoms with Crippen molar-refractivity contribution < 1.29 is 9.18 Å². The standard InChI is InChI=1S/C18H16ClFN4O/c1-24-11-10-21-17(24)16(12-2-6-14(20)7-3-12)23-18(25)22-15-8-4-13(19)5-9-15/h2-11,16H,1H3,(H2,22,23,25). The second kappa shape index (κ2) is 7.36. The van der Waals surface area contributed by atoms with Gasteiger partial charge in [0.1, 0.15) is 17.7 Å². The van der Waals surface area contributed by atoms with E-state index in [1.165, 1.54) is 12.1 Å². The molecular weight excluding hydrogens is 343 g/mol. The first-order chi connectivity index (χ1) is 12.0. The number of benzene rings is 2. The Morgan fingerprint density at radius 1 is 1.16 bits per heavy atom. The van der Waals surface area contributed by atoms with Crippen LogP contribution in [0.5, 0.6) is 0 Å². The van der Waals surface area contributed by atoms with E-state index < -0.39 is 12.1 Å². The van der Waals surface area contributed by atoms with E-state index in [0.717, 1.165) is 5.56 Å². The van der Waals surface area contributed by atoms with Gasteiger partial charge < -0.3 is 15.2 Å². The fourth-order valence-corrected chi connectivity index (χ4v) is 2.56. The Morgan fingerprint density at radius 3 is 2.44 bits per heavy atom. The molecule has 0 aliphatic heterocycles. The van der Waals surface area contributed by atoms with Crippen molar-refractivity contribution in [3.63, 3.8) is 0 Å². The van der Waals surface area contributed by atoms with Crippen LogP contribution >= 0.6 is 11.6 Å². The highest BCUT2D eigenvalue weighted by atomic mass is 35.5. The molecule has 1 aromatic heterocycles. The quantitative estimate of drug-likeness (QED) is 0.737. The van der Waals surface area contributed by atoms with Gasteiger partial charge in [0.15, 0.2) is 0 Å². The first kappa shape index (κ1) is 17.0. The predicted molar refractivity (Wildman–Crippen MR) is 95.1 cm³/mol. The van der Waals surface area contributed by atoms with Crippen molar-refractivity contribution in [3.8, 4) is 0 Å². The fourth-order valence-electron chi connectivity index (χ4n) is 2.44. The summed E-state index contributed by atoms with van der Waals surface area (Å²) in [6.45, 7) is 0. The molecule has 128 valence electrons. The monoisotopic (exact) mass is 358 g/mol. The van der Waals surface area contributed by atoms with Gasteiger partial charge in [-0.3, -0.25) is 0 Å². The van der Waals surface area contributed by atoms with Crippen LogP contribution in [-0.4, -0.2) is 15.6 Å². The molecule has 3 rings (SSSR count). The molecule has 0 aliphatic carbocycles. The summed E-state index contributed by atoms with van der Waals surface area (Å²) >= 11 is 5.84. The lowest BCUT2D eigenvalue weighted by Gasteiger charge is -2.19. The number of halogens is 2. The largest absolute Gasteiger partial charge is 0.336 e. The van der Waals surface area contributed by atoms with Crippen LogP contribution in [-0.2, 0) is 7.05 Å². The lowest BCUT2D eigenvalue weighted by molar-refractivity contribution is 0.249. The van der Waals surface area contributed by atoms with Crippen molar-refractivity contribution in [3.05, 3.63) is 83.2 Å². The second-order valence-corrected chi connectivity index (χ2v) is 5.92. The van der Waals surface area contributed by atoms with E-state index in [9.17, 15) is 9.18 Å². The summed E-state index contributed by atoms with van der Waals surface area (Å²) in [5.74, 6) is 0.297. The van der Waals surface area contributed by atoms with Gasteiger partial charge in [-0.25, -0.2) is 14.2 Å². The molecule has 3 aromatic rings. The molecule has 7 heteroatoms. The number of carbonyl (C=O) groups is 1. The summed E-state index contributed by atoms with van der Waals surface area (Å²) in [7, 11) is 1.83. The maximum absolute atomic E-state index is 13.2. The molecule has 1 unspecified atom stereocenters. The van der Waals surface area contributed by atoms with Crippen LogP contribution in [0, 0.1) is 5.82 Å². The molecule has 0 saturated heterocycles. The molecule has 2 amide bonds. The molecule has 0 saturated carbocycles. The van der Waals surface area contributed by atoms with Gasteiger partial charge >= 0.3 is 6.03 Å². The van der Waals surface area contributed by atoms with Gasteiger partial charge in [0.2, 0.25) is 0 Å². The third kappa shape index (κ3) is 4.16. The molecule has 1 heterocycles. The number of nitrogens with zero attached hydrogens (tertiary/aromatic N) is 2. The molecule has 0 aliphatic rings. The second-order valence-electron chi connectivity index (χ2n) is 5.49. The molecular formula is C18H16ClFN4O. The SMILES string of the molecule is Cn1ccnc1C(NC(=O)Nc1ccc(Cl)cc1)c1ccc(F)cc1. The summed E-state index contributed by atoms with van der Waals surface area (Å²) in [6.07, 6.45) is 3.43. The number of hydrogen-bond donors (Lipinski definition) is 2. The molecule has 5 nitrogen and oxygen atoms in total. The highest BCUT2D eigenvalue weighted by Crippen LogP contribution is 2.21. The maximum atomic E-state index is 13.2. The van der Waals surface area contributed by atoms with Gasteiger partial charge in [-0.15, -0.1) is 0 Å². The summed E-state index contributed by atoms with van der Waals surface area (Å²) in [5, 5.41) is 6.20. The lowest BCUT2D eigenvalue weighted by atomic mass is 10.1. The van der Waals surface area contributed by atoms with Crippen LogP contribution in [0.1, 0.15) is 17.4 Å². The van der Waals surface area contributed by atoms with Crippen LogP contribution in [0.4, 0.5) is 14.9 Å². The molecule has 0 radical (unpaired) electrons. The number of hydrogen-bond acceptors (Lipinski definition) is 2. The van der Waals surface area contributed by atoms with Crippen molar-refractivity contribution >= 4 is 23.3 Å². The average molecular weight is 359 g/mol. The summed E-state index contributed by atoms with van der Waals surface area (Å²) in [4.78, 5) is 16.7. The third-order valence-corrected chi connectivity index (χ3v) is 3.95. The Morgan fingerprint density at radius 2 is 1.84 bits per heavy atom.